The lowest BCUT2D eigenvalue weighted by atomic mass is 10.0. The zero-order valence-corrected chi connectivity index (χ0v) is 13.8. The van der Waals surface area contributed by atoms with Crippen molar-refractivity contribution in [2.75, 3.05) is 18.0 Å². The highest BCUT2D eigenvalue weighted by Gasteiger charge is 2.36. The van der Waals surface area contributed by atoms with Crippen LogP contribution in [0, 0.1) is 5.92 Å². The summed E-state index contributed by atoms with van der Waals surface area (Å²) in [5.41, 5.74) is 3.40. The van der Waals surface area contributed by atoms with Gasteiger partial charge in [-0.05, 0) is 30.4 Å². The summed E-state index contributed by atoms with van der Waals surface area (Å²) in [6.45, 7) is 7.40. The molecule has 4 nitrogen and oxygen atoms in total. The van der Waals surface area contributed by atoms with Crippen LogP contribution in [0.1, 0.15) is 44.7 Å². The van der Waals surface area contributed by atoms with Gasteiger partial charge in [0.25, 0.3) is 0 Å². The first-order valence-electron chi connectivity index (χ1n) is 8.31. The average molecular weight is 302 g/mol. The lowest BCUT2D eigenvalue weighted by molar-refractivity contribution is -0.126. The Labute approximate surface area is 132 Å². The minimum absolute atomic E-state index is 0.00438. The monoisotopic (exact) mass is 302 g/mol. The van der Waals surface area contributed by atoms with E-state index in [4.69, 9.17) is 0 Å². The Bertz CT molecular complexity index is 532. The Morgan fingerprint density at radius 2 is 1.86 bits per heavy atom. The predicted molar refractivity (Wildman–Crippen MR) is 89.0 cm³/mol. The van der Waals surface area contributed by atoms with E-state index < -0.39 is 0 Å². The normalized spacial score (nSPS) is 17.9. The third kappa shape index (κ3) is 3.32. The van der Waals surface area contributed by atoms with Crippen LogP contribution >= 0.6 is 0 Å². The second-order valence-corrected chi connectivity index (χ2v) is 5.83. The van der Waals surface area contributed by atoms with Crippen molar-refractivity contribution in [3.63, 3.8) is 0 Å². The first-order chi connectivity index (χ1) is 10.6. The van der Waals surface area contributed by atoms with E-state index in [1.165, 1.54) is 11.1 Å². The summed E-state index contributed by atoms with van der Waals surface area (Å²) in [7, 11) is 0. The maximum Gasteiger partial charge on any atom is 0.227 e. The van der Waals surface area contributed by atoms with Crippen molar-refractivity contribution in [1.29, 1.82) is 0 Å². The van der Waals surface area contributed by atoms with E-state index in [2.05, 4.69) is 31.3 Å². The fraction of sp³-hybridized carbons (Fsp3) is 0.556. The van der Waals surface area contributed by atoms with Crippen LogP contribution in [-0.2, 0) is 22.4 Å². The molecule has 0 radical (unpaired) electrons. The van der Waals surface area contributed by atoms with Crippen molar-refractivity contribution in [3.05, 3.63) is 29.3 Å². The third-order valence-electron chi connectivity index (χ3n) is 4.28. The van der Waals surface area contributed by atoms with Crippen LogP contribution in [0.5, 0.6) is 0 Å². The van der Waals surface area contributed by atoms with Gasteiger partial charge in [0.2, 0.25) is 11.8 Å². The van der Waals surface area contributed by atoms with E-state index in [0.29, 0.717) is 19.5 Å². The van der Waals surface area contributed by atoms with Gasteiger partial charge in [0.1, 0.15) is 0 Å². The van der Waals surface area contributed by atoms with Gasteiger partial charge in [0.05, 0.1) is 5.92 Å². The molecule has 2 amide bonds. The summed E-state index contributed by atoms with van der Waals surface area (Å²) in [5, 5.41) is 2.91. The maximum absolute atomic E-state index is 12.4. The molecule has 1 aromatic carbocycles. The van der Waals surface area contributed by atoms with Crippen LogP contribution < -0.4 is 10.2 Å². The number of carbonyl (C=O) groups is 2. The number of nitrogens with one attached hydrogen (secondary N) is 1. The van der Waals surface area contributed by atoms with Crippen LogP contribution in [0.4, 0.5) is 5.69 Å². The number of aryl methyl sites for hydroxylation is 2. The van der Waals surface area contributed by atoms with E-state index in [0.717, 1.165) is 24.9 Å². The van der Waals surface area contributed by atoms with Gasteiger partial charge in [-0.1, -0.05) is 39.0 Å². The minimum atomic E-state index is -0.228. The standard InChI is InChI=1S/C18H26N2O2/c1-4-10-19-18(22)15-11-16(21)20(12-15)17-13(5-2)8-7-9-14(17)6-3/h7-9,15H,4-6,10-12H2,1-3H3,(H,19,22). The molecule has 1 aromatic rings. The summed E-state index contributed by atoms with van der Waals surface area (Å²) in [5.74, 6) is -0.161. The molecule has 1 unspecified atom stereocenters. The molecule has 0 bridgehead atoms. The van der Waals surface area contributed by atoms with Gasteiger partial charge in [0.15, 0.2) is 0 Å². The first-order valence-corrected chi connectivity index (χ1v) is 8.31. The third-order valence-corrected chi connectivity index (χ3v) is 4.28. The summed E-state index contributed by atoms with van der Waals surface area (Å²) >= 11 is 0. The van der Waals surface area contributed by atoms with E-state index in [1.807, 2.05) is 17.9 Å². The molecule has 1 aliphatic rings. The van der Waals surface area contributed by atoms with Crippen LogP contribution in [0.25, 0.3) is 0 Å². The van der Waals surface area contributed by atoms with Crippen molar-refractivity contribution < 1.29 is 9.59 Å². The molecule has 1 atom stereocenters. The van der Waals surface area contributed by atoms with Crippen LogP contribution in [0.2, 0.25) is 0 Å². The molecular formula is C18H26N2O2. The molecule has 0 aromatic heterocycles. The van der Waals surface area contributed by atoms with Crippen molar-refractivity contribution in [2.24, 2.45) is 5.92 Å². The fourth-order valence-corrected chi connectivity index (χ4v) is 3.05. The zero-order valence-electron chi connectivity index (χ0n) is 13.8. The molecule has 4 heteroatoms. The van der Waals surface area contributed by atoms with Crippen molar-refractivity contribution >= 4 is 17.5 Å². The molecule has 22 heavy (non-hydrogen) atoms. The summed E-state index contributed by atoms with van der Waals surface area (Å²) in [6, 6.07) is 6.20. The number of amides is 2. The van der Waals surface area contributed by atoms with Gasteiger partial charge in [-0.3, -0.25) is 9.59 Å². The molecule has 1 saturated heterocycles. The highest BCUT2D eigenvalue weighted by Crippen LogP contribution is 2.32. The number of para-hydroxylation sites is 1. The van der Waals surface area contributed by atoms with E-state index in [-0.39, 0.29) is 17.7 Å². The second kappa shape index (κ2) is 7.43. The van der Waals surface area contributed by atoms with E-state index in [1.54, 1.807) is 0 Å². The molecular weight excluding hydrogens is 276 g/mol. The lowest BCUT2D eigenvalue weighted by Gasteiger charge is -2.23. The molecule has 0 spiro atoms. The zero-order chi connectivity index (χ0) is 16.1. The number of carbonyl (C=O) groups excluding carboxylic acids is 2. The number of hydrogen-bond donors (Lipinski definition) is 1. The second-order valence-electron chi connectivity index (χ2n) is 5.83. The smallest absolute Gasteiger partial charge is 0.227 e. The van der Waals surface area contributed by atoms with Gasteiger partial charge in [-0.15, -0.1) is 0 Å². The quantitative estimate of drug-likeness (QED) is 0.878. The van der Waals surface area contributed by atoms with Gasteiger partial charge in [-0.2, -0.15) is 0 Å². The Morgan fingerprint density at radius 3 is 2.41 bits per heavy atom. The highest BCUT2D eigenvalue weighted by atomic mass is 16.2. The van der Waals surface area contributed by atoms with Crippen molar-refractivity contribution in [2.45, 2.75) is 46.5 Å². The first kappa shape index (κ1) is 16.5. The maximum atomic E-state index is 12.4. The van der Waals surface area contributed by atoms with Crippen molar-refractivity contribution in [1.82, 2.24) is 5.32 Å². The molecule has 0 saturated carbocycles. The Morgan fingerprint density at radius 1 is 1.23 bits per heavy atom. The SMILES string of the molecule is CCCNC(=O)C1CC(=O)N(c2c(CC)cccc2CC)C1. The Hall–Kier alpha value is -1.84. The number of anilines is 1. The molecule has 1 aliphatic heterocycles. The van der Waals surface area contributed by atoms with Gasteiger partial charge in [0, 0.05) is 25.2 Å². The summed E-state index contributed by atoms with van der Waals surface area (Å²) in [6.07, 6.45) is 3.00. The minimum Gasteiger partial charge on any atom is -0.356 e. The Kier molecular flexibility index (Phi) is 5.58. The number of nitrogens with zero attached hydrogens (tertiary/aromatic N) is 1. The summed E-state index contributed by atoms with van der Waals surface area (Å²) in [4.78, 5) is 26.4. The van der Waals surface area contributed by atoms with E-state index >= 15 is 0 Å². The molecule has 0 aliphatic carbocycles. The predicted octanol–water partition coefficient (Wildman–Crippen LogP) is 2.69. The van der Waals surface area contributed by atoms with Gasteiger partial charge in [-0.25, -0.2) is 0 Å². The highest BCUT2D eigenvalue weighted by molar-refractivity contribution is 6.01. The molecule has 1 heterocycles. The van der Waals surface area contributed by atoms with Gasteiger partial charge >= 0.3 is 0 Å². The molecule has 1 fully saturated rings. The topological polar surface area (TPSA) is 49.4 Å². The van der Waals surface area contributed by atoms with Crippen LogP contribution in [0.15, 0.2) is 18.2 Å². The number of hydrogen-bond acceptors (Lipinski definition) is 2. The van der Waals surface area contributed by atoms with Crippen molar-refractivity contribution in [3.8, 4) is 0 Å². The molecule has 120 valence electrons. The van der Waals surface area contributed by atoms with Gasteiger partial charge < -0.3 is 10.2 Å². The lowest BCUT2D eigenvalue weighted by Crippen LogP contribution is -2.33. The largest absolute Gasteiger partial charge is 0.356 e. The van der Waals surface area contributed by atoms with Crippen LogP contribution in [-0.4, -0.2) is 24.9 Å². The fourth-order valence-electron chi connectivity index (χ4n) is 3.05. The molecule has 2 rings (SSSR count). The number of benzene rings is 1. The Balaban J connectivity index is 2.23. The van der Waals surface area contributed by atoms with Crippen LogP contribution in [0.3, 0.4) is 0 Å². The summed E-state index contributed by atoms with van der Waals surface area (Å²) < 4.78 is 0. The average Bonchev–Trinajstić information content (AvgIpc) is 2.93. The number of rotatable bonds is 6. The van der Waals surface area contributed by atoms with E-state index in [9.17, 15) is 9.59 Å². The molecule has 1 N–H and O–H groups in total.